The lowest BCUT2D eigenvalue weighted by atomic mass is 9.84. The molecule has 1 N–H and O–H groups in total. The van der Waals surface area contributed by atoms with Crippen molar-refractivity contribution in [2.45, 2.75) is 71.1 Å². The highest BCUT2D eigenvalue weighted by atomic mass is 32.2. The minimum absolute atomic E-state index is 0.0659. The quantitative estimate of drug-likeness (QED) is 0.113. The maximum absolute atomic E-state index is 13.3. The fraction of sp³-hybridized carbons (Fsp3) is 0.450. The lowest BCUT2D eigenvalue weighted by Gasteiger charge is -2.36. The SMILES string of the molecule is C=C[C@H](CSC(c1ccccc1)(c1ccccc1)c1ccccc1)NC(=O)C[C@@H](C)[C@@H](C)C[C@@H](C)CCN(C)C(=O)[C@H](C)CC. The molecule has 0 bridgehead atoms. The summed E-state index contributed by atoms with van der Waals surface area (Å²) in [5, 5.41) is 3.28. The van der Waals surface area contributed by atoms with Gasteiger partial charge in [0.1, 0.15) is 0 Å². The maximum Gasteiger partial charge on any atom is 0.225 e. The largest absolute Gasteiger partial charge is 0.349 e. The molecule has 0 saturated carbocycles. The van der Waals surface area contributed by atoms with Crippen LogP contribution in [-0.4, -0.2) is 42.1 Å². The average Bonchev–Trinajstić information content (AvgIpc) is 3.07. The van der Waals surface area contributed by atoms with Crippen molar-refractivity contribution in [1.82, 2.24) is 10.2 Å². The first-order valence-corrected chi connectivity index (χ1v) is 17.6. The molecule has 3 aromatic rings. The number of carbonyl (C=O) groups excluding carboxylic acids is 2. The van der Waals surface area contributed by atoms with Gasteiger partial charge >= 0.3 is 0 Å². The highest BCUT2D eigenvalue weighted by molar-refractivity contribution is 8.00. The summed E-state index contributed by atoms with van der Waals surface area (Å²) in [6.07, 6.45) is 5.23. The topological polar surface area (TPSA) is 49.4 Å². The van der Waals surface area contributed by atoms with Crippen molar-refractivity contribution in [1.29, 1.82) is 0 Å². The molecule has 0 radical (unpaired) electrons. The number of carbonyl (C=O) groups is 2. The molecule has 0 spiro atoms. The molecule has 242 valence electrons. The lowest BCUT2D eigenvalue weighted by molar-refractivity contribution is -0.134. The minimum atomic E-state index is -0.443. The van der Waals surface area contributed by atoms with Crippen LogP contribution in [0.2, 0.25) is 0 Å². The van der Waals surface area contributed by atoms with Gasteiger partial charge < -0.3 is 10.2 Å². The number of amides is 2. The summed E-state index contributed by atoms with van der Waals surface area (Å²) in [5.41, 5.74) is 3.61. The second-order valence-electron chi connectivity index (χ2n) is 12.9. The van der Waals surface area contributed by atoms with E-state index in [2.05, 4.69) is 131 Å². The third-order valence-corrected chi connectivity index (χ3v) is 10.9. The minimum Gasteiger partial charge on any atom is -0.349 e. The first kappa shape index (κ1) is 36.2. The highest BCUT2D eigenvalue weighted by Gasteiger charge is 2.37. The molecule has 0 aromatic heterocycles. The van der Waals surface area contributed by atoms with E-state index in [1.54, 1.807) is 0 Å². The Morgan fingerprint density at radius 1 is 0.844 bits per heavy atom. The van der Waals surface area contributed by atoms with Gasteiger partial charge in [0.25, 0.3) is 0 Å². The van der Waals surface area contributed by atoms with Crippen LogP contribution < -0.4 is 5.32 Å². The Bertz CT molecular complexity index is 1220. The number of benzene rings is 3. The molecule has 0 heterocycles. The summed E-state index contributed by atoms with van der Waals surface area (Å²) in [5.74, 6) is 2.19. The Labute approximate surface area is 277 Å². The molecule has 0 aliphatic carbocycles. The van der Waals surface area contributed by atoms with Crippen LogP contribution in [0, 0.1) is 23.7 Å². The summed E-state index contributed by atoms with van der Waals surface area (Å²) < 4.78 is -0.443. The fourth-order valence-electron chi connectivity index (χ4n) is 5.97. The van der Waals surface area contributed by atoms with Crippen LogP contribution in [0.5, 0.6) is 0 Å². The number of nitrogens with one attached hydrogen (secondary N) is 1. The molecule has 5 heteroatoms. The Hall–Kier alpha value is -3.31. The molecule has 0 saturated heterocycles. The van der Waals surface area contributed by atoms with Crippen LogP contribution in [0.15, 0.2) is 104 Å². The smallest absolute Gasteiger partial charge is 0.225 e. The van der Waals surface area contributed by atoms with E-state index >= 15 is 0 Å². The van der Waals surface area contributed by atoms with E-state index < -0.39 is 4.75 Å². The van der Waals surface area contributed by atoms with E-state index in [-0.39, 0.29) is 29.7 Å². The van der Waals surface area contributed by atoms with E-state index in [0.717, 1.165) is 25.8 Å². The van der Waals surface area contributed by atoms with Gasteiger partial charge in [-0.05, 0) is 53.7 Å². The normalized spacial score (nSPS) is 14.9. The van der Waals surface area contributed by atoms with Gasteiger partial charge in [-0.1, -0.05) is 132 Å². The van der Waals surface area contributed by atoms with Crippen molar-refractivity contribution in [2.75, 3.05) is 19.3 Å². The molecule has 0 unspecified atom stereocenters. The molecule has 0 aliphatic rings. The Kier molecular flexibility index (Phi) is 14.5. The Morgan fingerprint density at radius 2 is 1.33 bits per heavy atom. The molecule has 2 amide bonds. The van der Waals surface area contributed by atoms with Crippen molar-refractivity contribution in [2.24, 2.45) is 23.7 Å². The molecule has 4 nitrogen and oxygen atoms in total. The van der Waals surface area contributed by atoms with Gasteiger partial charge in [-0.2, -0.15) is 0 Å². The predicted octanol–water partition coefficient (Wildman–Crippen LogP) is 8.97. The van der Waals surface area contributed by atoms with Gasteiger partial charge in [0.15, 0.2) is 0 Å². The number of nitrogens with zero attached hydrogens (tertiary/aromatic N) is 1. The van der Waals surface area contributed by atoms with Gasteiger partial charge in [-0.25, -0.2) is 0 Å². The monoisotopic (exact) mass is 626 g/mol. The standard InChI is InChI=1S/C40H54N2O2S/c1-8-31(4)39(44)42(7)26-25-30(3)27-32(5)33(6)28-38(43)41-37(9-2)29-45-40(34-19-13-10-14-20-34,35-21-15-11-16-22-35)36-23-17-12-18-24-36/h9-24,30-33,37H,2,8,25-29H2,1,3-7H3,(H,41,43)/t30-,31+,32-,33+,37+/m0/s1. The van der Waals surface area contributed by atoms with Gasteiger partial charge in [-0.3, -0.25) is 9.59 Å². The molecular formula is C40H54N2O2S. The van der Waals surface area contributed by atoms with Crippen LogP contribution >= 0.6 is 11.8 Å². The van der Waals surface area contributed by atoms with Gasteiger partial charge in [0.05, 0.1) is 10.8 Å². The average molecular weight is 627 g/mol. The van der Waals surface area contributed by atoms with E-state index in [1.807, 2.05) is 36.7 Å². The van der Waals surface area contributed by atoms with Gasteiger partial charge in [0.2, 0.25) is 11.8 Å². The number of hydrogen-bond acceptors (Lipinski definition) is 3. The zero-order valence-corrected chi connectivity index (χ0v) is 29.1. The van der Waals surface area contributed by atoms with E-state index in [9.17, 15) is 9.59 Å². The summed E-state index contributed by atoms with van der Waals surface area (Å²) in [6.45, 7) is 15.6. The van der Waals surface area contributed by atoms with Crippen molar-refractivity contribution in [3.05, 3.63) is 120 Å². The van der Waals surface area contributed by atoms with E-state index in [1.165, 1.54) is 16.7 Å². The zero-order chi connectivity index (χ0) is 32.8. The second kappa shape index (κ2) is 18.0. The van der Waals surface area contributed by atoms with Crippen LogP contribution in [-0.2, 0) is 14.3 Å². The molecule has 5 atom stereocenters. The summed E-state index contributed by atoms with van der Waals surface area (Å²) in [4.78, 5) is 27.6. The molecule has 3 aromatic carbocycles. The van der Waals surface area contributed by atoms with Crippen molar-refractivity contribution in [3.8, 4) is 0 Å². The van der Waals surface area contributed by atoms with Gasteiger partial charge in [-0.15, -0.1) is 18.3 Å². The molecule has 0 fully saturated rings. The van der Waals surface area contributed by atoms with Crippen molar-refractivity contribution < 1.29 is 9.59 Å². The number of thioether (sulfide) groups is 1. The maximum atomic E-state index is 13.3. The van der Waals surface area contributed by atoms with Crippen LogP contribution in [0.3, 0.4) is 0 Å². The second-order valence-corrected chi connectivity index (χ2v) is 14.1. The lowest BCUT2D eigenvalue weighted by Crippen LogP contribution is -2.38. The van der Waals surface area contributed by atoms with Gasteiger partial charge in [0, 0.05) is 31.7 Å². The van der Waals surface area contributed by atoms with Crippen molar-refractivity contribution >= 4 is 23.6 Å². The summed E-state index contributed by atoms with van der Waals surface area (Å²) >= 11 is 1.84. The zero-order valence-electron chi connectivity index (χ0n) is 28.2. The van der Waals surface area contributed by atoms with Crippen LogP contribution in [0.4, 0.5) is 0 Å². The van der Waals surface area contributed by atoms with E-state index in [0.29, 0.717) is 24.0 Å². The summed E-state index contributed by atoms with van der Waals surface area (Å²) in [7, 11) is 1.91. The van der Waals surface area contributed by atoms with Crippen molar-refractivity contribution in [3.63, 3.8) is 0 Å². The van der Waals surface area contributed by atoms with Crippen LogP contribution in [0.25, 0.3) is 0 Å². The molecule has 45 heavy (non-hydrogen) atoms. The Balaban J connectivity index is 1.64. The first-order chi connectivity index (χ1) is 21.6. The third-order valence-electron chi connectivity index (χ3n) is 9.27. The van der Waals surface area contributed by atoms with E-state index in [4.69, 9.17) is 0 Å². The van der Waals surface area contributed by atoms with Crippen LogP contribution in [0.1, 0.15) is 77.0 Å². The fourth-order valence-corrected chi connectivity index (χ4v) is 7.53. The molecule has 3 rings (SSSR count). The number of hydrogen-bond donors (Lipinski definition) is 1. The Morgan fingerprint density at radius 3 is 1.78 bits per heavy atom. The number of rotatable bonds is 18. The third kappa shape index (κ3) is 10.1. The first-order valence-electron chi connectivity index (χ1n) is 16.6. The predicted molar refractivity (Wildman–Crippen MR) is 192 cm³/mol. The molecule has 0 aliphatic heterocycles. The molecular weight excluding hydrogens is 573 g/mol. The highest BCUT2D eigenvalue weighted by Crippen LogP contribution is 2.48. The summed E-state index contributed by atoms with van der Waals surface area (Å²) in [6, 6.07) is 31.7.